The lowest BCUT2D eigenvalue weighted by Crippen LogP contribution is -2.05. The molecule has 0 amide bonds. The summed E-state index contributed by atoms with van der Waals surface area (Å²) in [5.74, 6) is 1.00. The van der Waals surface area contributed by atoms with Gasteiger partial charge >= 0.3 is 17.9 Å². The summed E-state index contributed by atoms with van der Waals surface area (Å²) < 4.78 is 4.28. The van der Waals surface area contributed by atoms with Gasteiger partial charge in [0.15, 0.2) is 0 Å². The van der Waals surface area contributed by atoms with Crippen molar-refractivity contribution >= 4 is 17.9 Å². The molecule has 1 aromatic rings. The van der Waals surface area contributed by atoms with Crippen LogP contribution in [0.5, 0.6) is 0 Å². The molecule has 2 N–H and O–H groups in total. The first-order valence-corrected chi connectivity index (χ1v) is 4.66. The lowest BCUT2D eigenvalue weighted by atomic mass is 10.0. The number of esters is 1. The molecule has 0 atom stereocenters. The van der Waals surface area contributed by atoms with Crippen LogP contribution in [0.1, 0.15) is 26.3 Å². The van der Waals surface area contributed by atoms with Gasteiger partial charge in [0.2, 0.25) is 0 Å². The molecule has 6 heteroatoms. The second-order valence-electron chi connectivity index (χ2n) is 3.11. The molecule has 0 aliphatic heterocycles. The molecule has 0 aliphatic carbocycles. The molecule has 0 radical (unpaired) electrons. The van der Waals surface area contributed by atoms with Crippen LogP contribution in [0.25, 0.3) is 0 Å². The summed E-state index contributed by atoms with van der Waals surface area (Å²) in [6, 6.07) is 3.41. The van der Waals surface area contributed by atoms with Crippen LogP contribution < -0.4 is 0 Å². The summed E-state index contributed by atoms with van der Waals surface area (Å²) in [4.78, 5) is 32.4. The van der Waals surface area contributed by atoms with E-state index in [0.717, 1.165) is 13.2 Å². The Kier molecular flexibility index (Phi) is 4.05. The van der Waals surface area contributed by atoms with Gasteiger partial charge in [-0.3, -0.25) is 0 Å². The largest absolute Gasteiger partial charge is 0.478 e. The smallest absolute Gasteiger partial charge is 0.384 e. The van der Waals surface area contributed by atoms with Crippen LogP contribution in [0.15, 0.2) is 18.2 Å². The Bertz CT molecular complexity index is 576. The number of methoxy groups -OCH3 is 1. The van der Waals surface area contributed by atoms with Crippen molar-refractivity contribution in [1.82, 2.24) is 0 Å². The second kappa shape index (κ2) is 5.50. The molecule has 0 heterocycles. The van der Waals surface area contributed by atoms with E-state index in [9.17, 15) is 14.4 Å². The van der Waals surface area contributed by atoms with E-state index < -0.39 is 17.9 Å². The van der Waals surface area contributed by atoms with Gasteiger partial charge in [0, 0.05) is 11.5 Å². The van der Waals surface area contributed by atoms with Crippen LogP contribution in [-0.2, 0) is 9.53 Å². The van der Waals surface area contributed by atoms with Gasteiger partial charge in [0.1, 0.15) is 0 Å². The van der Waals surface area contributed by atoms with Gasteiger partial charge in [-0.1, -0.05) is 5.92 Å². The number of carbonyl (C=O) groups excluding carboxylic acids is 1. The van der Waals surface area contributed by atoms with Crippen molar-refractivity contribution in [3.8, 4) is 11.8 Å². The fourth-order valence-corrected chi connectivity index (χ4v) is 1.13. The third-order valence-corrected chi connectivity index (χ3v) is 1.98. The lowest BCUT2D eigenvalue weighted by molar-refractivity contribution is -0.133. The number of carboxylic acids is 2. The highest BCUT2D eigenvalue weighted by molar-refractivity contribution is 5.96. The minimum atomic E-state index is -1.33. The first-order chi connectivity index (χ1) is 8.45. The van der Waals surface area contributed by atoms with Crippen molar-refractivity contribution in [2.45, 2.75) is 0 Å². The lowest BCUT2D eigenvalue weighted by Gasteiger charge is -2.00. The zero-order valence-electron chi connectivity index (χ0n) is 9.26. The average molecular weight is 248 g/mol. The summed E-state index contributed by atoms with van der Waals surface area (Å²) in [6.45, 7) is 0. The normalized spacial score (nSPS) is 8.94. The molecule has 6 nitrogen and oxygen atoms in total. The van der Waals surface area contributed by atoms with E-state index in [4.69, 9.17) is 10.2 Å². The molecule has 1 rings (SSSR count). The van der Waals surface area contributed by atoms with E-state index in [1.54, 1.807) is 0 Å². The summed E-state index contributed by atoms with van der Waals surface area (Å²) in [7, 11) is 1.14. The maximum atomic E-state index is 10.9. The van der Waals surface area contributed by atoms with Gasteiger partial charge in [-0.25, -0.2) is 14.4 Å². The maximum Gasteiger partial charge on any atom is 0.384 e. The van der Waals surface area contributed by atoms with Crippen molar-refractivity contribution in [1.29, 1.82) is 0 Å². The first-order valence-electron chi connectivity index (χ1n) is 4.66. The minimum absolute atomic E-state index is 0.0397. The Morgan fingerprint density at radius 1 is 1.17 bits per heavy atom. The first kappa shape index (κ1) is 13.3. The third kappa shape index (κ3) is 3.09. The number of hydrogen-bond donors (Lipinski definition) is 2. The standard InChI is InChI=1S/C12H8O6/c1-18-10(13)5-4-7-2-3-8(11(14)15)6-9(7)12(16)17/h2-3,6H,1H3,(H,14,15)(H,16,17). The minimum Gasteiger partial charge on any atom is -0.478 e. The average Bonchev–Trinajstić information content (AvgIpc) is 2.35. The quantitative estimate of drug-likeness (QED) is 0.587. The van der Waals surface area contributed by atoms with Crippen LogP contribution >= 0.6 is 0 Å². The zero-order valence-corrected chi connectivity index (χ0v) is 9.26. The molecule has 0 saturated carbocycles. The van der Waals surface area contributed by atoms with E-state index in [-0.39, 0.29) is 16.7 Å². The summed E-state index contributed by atoms with van der Waals surface area (Å²) >= 11 is 0. The fraction of sp³-hybridized carbons (Fsp3) is 0.0833. The van der Waals surface area contributed by atoms with Gasteiger partial charge in [-0.2, -0.15) is 0 Å². The van der Waals surface area contributed by atoms with Gasteiger partial charge in [-0.05, 0) is 18.2 Å². The molecule has 0 aromatic heterocycles. The number of carbonyl (C=O) groups is 3. The molecular weight excluding hydrogens is 240 g/mol. The second-order valence-corrected chi connectivity index (χ2v) is 3.11. The van der Waals surface area contributed by atoms with Crippen molar-refractivity contribution in [3.63, 3.8) is 0 Å². The Balaban J connectivity index is 3.27. The van der Waals surface area contributed by atoms with Gasteiger partial charge in [-0.15, -0.1) is 0 Å². The molecule has 92 valence electrons. The Hall–Kier alpha value is -2.81. The van der Waals surface area contributed by atoms with Crippen LogP contribution in [0.4, 0.5) is 0 Å². The fourth-order valence-electron chi connectivity index (χ4n) is 1.13. The van der Waals surface area contributed by atoms with E-state index in [2.05, 4.69) is 16.6 Å². The number of ether oxygens (including phenoxy) is 1. The van der Waals surface area contributed by atoms with E-state index in [1.807, 2.05) is 0 Å². The maximum absolute atomic E-state index is 10.9. The van der Waals surface area contributed by atoms with Crippen LogP contribution in [0, 0.1) is 11.8 Å². The van der Waals surface area contributed by atoms with E-state index in [1.165, 1.54) is 12.1 Å². The predicted octanol–water partition coefficient (Wildman–Crippen LogP) is 0.608. The number of aromatic carboxylic acids is 2. The van der Waals surface area contributed by atoms with Gasteiger partial charge < -0.3 is 14.9 Å². The summed E-state index contributed by atoms with van der Waals surface area (Å²) in [5, 5.41) is 17.7. The zero-order chi connectivity index (χ0) is 13.7. The molecule has 0 bridgehead atoms. The predicted molar refractivity (Wildman–Crippen MR) is 59.3 cm³/mol. The number of hydrogen-bond acceptors (Lipinski definition) is 4. The van der Waals surface area contributed by atoms with Crippen molar-refractivity contribution in [2.24, 2.45) is 0 Å². The Morgan fingerprint density at radius 2 is 1.83 bits per heavy atom. The highest BCUT2D eigenvalue weighted by Gasteiger charge is 2.12. The Morgan fingerprint density at radius 3 is 2.33 bits per heavy atom. The molecule has 0 aliphatic rings. The number of carboxylic acid groups (broad SMARTS) is 2. The van der Waals surface area contributed by atoms with Crippen LogP contribution in [-0.4, -0.2) is 35.2 Å². The molecule has 0 spiro atoms. The molecular formula is C12H8O6. The monoisotopic (exact) mass is 248 g/mol. The molecule has 0 fully saturated rings. The topological polar surface area (TPSA) is 101 Å². The van der Waals surface area contributed by atoms with Crippen molar-refractivity contribution < 1.29 is 29.3 Å². The van der Waals surface area contributed by atoms with Crippen molar-refractivity contribution in [2.75, 3.05) is 7.11 Å². The SMILES string of the molecule is COC(=O)C#Cc1ccc(C(=O)O)cc1C(=O)O. The highest BCUT2D eigenvalue weighted by atomic mass is 16.5. The number of rotatable bonds is 2. The molecule has 0 saturated heterocycles. The molecule has 1 aromatic carbocycles. The summed E-state index contributed by atoms with van der Waals surface area (Å²) in [6.07, 6.45) is 0. The van der Waals surface area contributed by atoms with Gasteiger partial charge in [0.25, 0.3) is 0 Å². The van der Waals surface area contributed by atoms with E-state index >= 15 is 0 Å². The third-order valence-electron chi connectivity index (χ3n) is 1.98. The van der Waals surface area contributed by atoms with Gasteiger partial charge in [0.05, 0.1) is 18.2 Å². The molecule has 18 heavy (non-hydrogen) atoms. The molecule has 0 unspecified atom stereocenters. The highest BCUT2D eigenvalue weighted by Crippen LogP contribution is 2.11. The Labute approximate surface area is 102 Å². The number of benzene rings is 1. The summed E-state index contributed by atoms with van der Waals surface area (Å²) in [5.41, 5.74) is -0.416. The van der Waals surface area contributed by atoms with Crippen LogP contribution in [0.3, 0.4) is 0 Å². The van der Waals surface area contributed by atoms with E-state index in [0.29, 0.717) is 0 Å². The van der Waals surface area contributed by atoms with Crippen LogP contribution in [0.2, 0.25) is 0 Å². The van der Waals surface area contributed by atoms with Crippen molar-refractivity contribution in [3.05, 3.63) is 34.9 Å².